The van der Waals surface area contributed by atoms with Crippen molar-refractivity contribution in [2.75, 3.05) is 6.61 Å². The maximum atomic E-state index is 10.5. The fraction of sp³-hybridized carbons (Fsp3) is 0.667. The third-order valence-corrected chi connectivity index (χ3v) is 2.24. The van der Waals surface area contributed by atoms with Gasteiger partial charge in [-0.2, -0.15) is 0 Å². The highest BCUT2D eigenvalue weighted by molar-refractivity contribution is 5.68. The Morgan fingerprint density at radius 1 is 1.58 bits per heavy atom. The normalized spacial score (nSPS) is 15.2. The lowest BCUT2D eigenvalue weighted by Crippen LogP contribution is -2.23. The summed E-state index contributed by atoms with van der Waals surface area (Å²) in [6.45, 7) is 7.32. The topological polar surface area (TPSA) is 57.5 Å². The standard InChI is InChI=1S/C9H16O3/c1-7(2)9(3,4-5-10)6-8(11)12/h10H,1,4-6H2,2-3H3,(H,11,12). The van der Waals surface area contributed by atoms with Gasteiger partial charge in [-0.15, -0.1) is 0 Å². The minimum atomic E-state index is -0.853. The van der Waals surface area contributed by atoms with Crippen LogP contribution in [0.5, 0.6) is 0 Å². The van der Waals surface area contributed by atoms with Gasteiger partial charge < -0.3 is 10.2 Å². The molecule has 0 aromatic rings. The number of carbonyl (C=O) groups is 1. The van der Waals surface area contributed by atoms with Crippen molar-refractivity contribution in [1.29, 1.82) is 0 Å². The summed E-state index contributed by atoms with van der Waals surface area (Å²) in [5.74, 6) is -0.853. The second kappa shape index (κ2) is 4.26. The summed E-state index contributed by atoms with van der Waals surface area (Å²) in [7, 11) is 0. The average Bonchev–Trinajstić information content (AvgIpc) is 1.85. The van der Waals surface area contributed by atoms with Crippen LogP contribution in [0.25, 0.3) is 0 Å². The van der Waals surface area contributed by atoms with Crippen LogP contribution in [-0.4, -0.2) is 22.8 Å². The molecule has 0 aliphatic heterocycles. The van der Waals surface area contributed by atoms with Gasteiger partial charge in [0.25, 0.3) is 0 Å². The minimum Gasteiger partial charge on any atom is -0.481 e. The number of aliphatic hydroxyl groups is 1. The van der Waals surface area contributed by atoms with Crippen molar-refractivity contribution in [2.45, 2.75) is 26.7 Å². The predicted octanol–water partition coefficient (Wildman–Crippen LogP) is 1.43. The zero-order valence-corrected chi connectivity index (χ0v) is 7.63. The summed E-state index contributed by atoms with van der Waals surface area (Å²) in [6, 6.07) is 0. The molecule has 0 saturated heterocycles. The van der Waals surface area contributed by atoms with Crippen molar-refractivity contribution in [3.8, 4) is 0 Å². The summed E-state index contributed by atoms with van der Waals surface area (Å²) in [4.78, 5) is 10.5. The first-order valence-corrected chi connectivity index (χ1v) is 3.91. The van der Waals surface area contributed by atoms with Gasteiger partial charge in [-0.1, -0.05) is 19.1 Å². The van der Waals surface area contributed by atoms with E-state index in [0.717, 1.165) is 5.57 Å². The molecule has 0 amide bonds. The number of aliphatic hydroxyl groups excluding tert-OH is 1. The van der Waals surface area contributed by atoms with Crippen molar-refractivity contribution in [3.05, 3.63) is 12.2 Å². The number of allylic oxidation sites excluding steroid dienone is 1. The Morgan fingerprint density at radius 2 is 2.08 bits per heavy atom. The van der Waals surface area contributed by atoms with E-state index in [1.165, 1.54) is 0 Å². The number of carboxylic acid groups (broad SMARTS) is 1. The van der Waals surface area contributed by atoms with Crippen molar-refractivity contribution in [3.63, 3.8) is 0 Å². The van der Waals surface area contributed by atoms with E-state index in [1.807, 2.05) is 0 Å². The Hall–Kier alpha value is -0.830. The lowest BCUT2D eigenvalue weighted by atomic mass is 9.78. The number of rotatable bonds is 5. The Bertz CT molecular complexity index is 186. The molecule has 0 aliphatic rings. The molecule has 0 heterocycles. The molecule has 0 fully saturated rings. The second-order valence-corrected chi connectivity index (χ2v) is 3.39. The van der Waals surface area contributed by atoms with Crippen LogP contribution in [0.3, 0.4) is 0 Å². The third-order valence-electron chi connectivity index (χ3n) is 2.24. The average molecular weight is 172 g/mol. The molecule has 0 radical (unpaired) electrons. The van der Waals surface area contributed by atoms with Crippen LogP contribution in [0.1, 0.15) is 26.7 Å². The molecule has 0 aliphatic carbocycles. The number of aliphatic carboxylic acids is 1. The molecule has 0 bridgehead atoms. The van der Waals surface area contributed by atoms with E-state index >= 15 is 0 Å². The van der Waals surface area contributed by atoms with Crippen LogP contribution in [0.15, 0.2) is 12.2 Å². The zero-order chi connectivity index (χ0) is 9.78. The van der Waals surface area contributed by atoms with Gasteiger partial charge in [-0.3, -0.25) is 4.79 Å². The van der Waals surface area contributed by atoms with E-state index in [4.69, 9.17) is 10.2 Å². The van der Waals surface area contributed by atoms with Gasteiger partial charge in [0, 0.05) is 12.0 Å². The first kappa shape index (κ1) is 11.2. The monoisotopic (exact) mass is 172 g/mol. The summed E-state index contributed by atoms with van der Waals surface area (Å²) < 4.78 is 0. The summed E-state index contributed by atoms with van der Waals surface area (Å²) in [6.07, 6.45) is 0.484. The van der Waals surface area contributed by atoms with Gasteiger partial charge in [0.2, 0.25) is 0 Å². The smallest absolute Gasteiger partial charge is 0.304 e. The van der Waals surface area contributed by atoms with Gasteiger partial charge in [0.1, 0.15) is 0 Å². The van der Waals surface area contributed by atoms with Crippen molar-refractivity contribution in [2.24, 2.45) is 5.41 Å². The zero-order valence-electron chi connectivity index (χ0n) is 7.63. The molecular weight excluding hydrogens is 156 g/mol. The molecule has 70 valence electrons. The second-order valence-electron chi connectivity index (χ2n) is 3.39. The van der Waals surface area contributed by atoms with Gasteiger partial charge in [0.05, 0.1) is 6.42 Å². The molecule has 0 rings (SSSR count). The molecule has 0 spiro atoms. The van der Waals surface area contributed by atoms with E-state index in [9.17, 15) is 4.79 Å². The van der Waals surface area contributed by atoms with Crippen LogP contribution in [0.2, 0.25) is 0 Å². The van der Waals surface area contributed by atoms with Crippen LogP contribution in [0.4, 0.5) is 0 Å². The SMILES string of the molecule is C=C(C)C(C)(CCO)CC(=O)O. The van der Waals surface area contributed by atoms with E-state index in [-0.39, 0.29) is 13.0 Å². The molecule has 3 heteroatoms. The number of hydrogen-bond donors (Lipinski definition) is 2. The quantitative estimate of drug-likeness (QED) is 0.617. The molecule has 1 atom stereocenters. The van der Waals surface area contributed by atoms with Crippen LogP contribution in [0, 0.1) is 5.41 Å². The van der Waals surface area contributed by atoms with Crippen molar-refractivity contribution >= 4 is 5.97 Å². The van der Waals surface area contributed by atoms with Crippen LogP contribution < -0.4 is 0 Å². The fourth-order valence-corrected chi connectivity index (χ4v) is 1.03. The molecule has 2 N–H and O–H groups in total. The molecule has 0 aromatic heterocycles. The molecule has 1 unspecified atom stereocenters. The highest BCUT2D eigenvalue weighted by Crippen LogP contribution is 2.32. The fourth-order valence-electron chi connectivity index (χ4n) is 1.03. The van der Waals surface area contributed by atoms with Crippen LogP contribution in [-0.2, 0) is 4.79 Å². The van der Waals surface area contributed by atoms with Gasteiger partial charge in [-0.25, -0.2) is 0 Å². The maximum Gasteiger partial charge on any atom is 0.304 e. The highest BCUT2D eigenvalue weighted by atomic mass is 16.4. The summed E-state index contributed by atoms with van der Waals surface area (Å²) >= 11 is 0. The Labute approximate surface area is 72.7 Å². The molecule has 12 heavy (non-hydrogen) atoms. The van der Waals surface area contributed by atoms with Crippen molar-refractivity contribution < 1.29 is 15.0 Å². The highest BCUT2D eigenvalue weighted by Gasteiger charge is 2.27. The number of hydrogen-bond acceptors (Lipinski definition) is 2. The first-order chi connectivity index (χ1) is 5.42. The first-order valence-electron chi connectivity index (χ1n) is 3.91. The molecule has 0 saturated carbocycles. The lowest BCUT2D eigenvalue weighted by Gasteiger charge is -2.27. The van der Waals surface area contributed by atoms with Gasteiger partial charge in [0.15, 0.2) is 0 Å². The van der Waals surface area contributed by atoms with Gasteiger partial charge in [-0.05, 0) is 13.3 Å². The third kappa shape index (κ3) is 3.05. The maximum absolute atomic E-state index is 10.5. The minimum absolute atomic E-state index is 0.00333. The van der Waals surface area contributed by atoms with Crippen molar-refractivity contribution in [1.82, 2.24) is 0 Å². The van der Waals surface area contributed by atoms with Gasteiger partial charge >= 0.3 is 5.97 Å². The molecule has 3 nitrogen and oxygen atoms in total. The molecular formula is C9H16O3. The Kier molecular flexibility index (Phi) is 3.96. The molecule has 0 aromatic carbocycles. The summed E-state index contributed by atoms with van der Waals surface area (Å²) in [5.41, 5.74) is 0.333. The predicted molar refractivity (Wildman–Crippen MR) is 46.9 cm³/mol. The van der Waals surface area contributed by atoms with E-state index in [0.29, 0.717) is 6.42 Å². The Morgan fingerprint density at radius 3 is 2.33 bits per heavy atom. The Balaban J connectivity index is 4.38. The lowest BCUT2D eigenvalue weighted by molar-refractivity contribution is -0.139. The van der Waals surface area contributed by atoms with E-state index in [2.05, 4.69) is 6.58 Å². The summed E-state index contributed by atoms with van der Waals surface area (Å²) in [5, 5.41) is 17.3. The van der Waals surface area contributed by atoms with E-state index in [1.54, 1.807) is 13.8 Å². The number of carboxylic acids is 1. The van der Waals surface area contributed by atoms with Crippen LogP contribution >= 0.6 is 0 Å². The largest absolute Gasteiger partial charge is 0.481 e. The van der Waals surface area contributed by atoms with E-state index < -0.39 is 11.4 Å².